The minimum atomic E-state index is -0.771. The molecular weight excluding hydrogens is 337 g/mol. The number of fused-ring (bicyclic) bond motifs is 1. The van der Waals surface area contributed by atoms with Gasteiger partial charge in [-0.15, -0.1) is 0 Å². The van der Waals surface area contributed by atoms with Crippen molar-refractivity contribution in [3.8, 4) is 0 Å². The number of benzene rings is 1. The van der Waals surface area contributed by atoms with Crippen molar-refractivity contribution >= 4 is 34.9 Å². The van der Waals surface area contributed by atoms with Crippen LogP contribution in [0.5, 0.6) is 0 Å². The molecule has 2 N–H and O–H groups in total. The van der Waals surface area contributed by atoms with Gasteiger partial charge in [-0.3, -0.25) is 9.59 Å². The Morgan fingerprint density at radius 1 is 1.21 bits per heavy atom. The summed E-state index contributed by atoms with van der Waals surface area (Å²) >= 11 is 5.80. The number of carbonyl (C=O) groups is 2. The SMILES string of the molecule is O=C(CNC(=O)c1c(F)cccc1Cl)Nc1ccnc2ccnn12. The van der Waals surface area contributed by atoms with E-state index in [0.717, 1.165) is 6.07 Å². The molecule has 9 heteroatoms. The maximum atomic E-state index is 13.6. The number of halogens is 2. The first-order valence-corrected chi connectivity index (χ1v) is 7.25. The summed E-state index contributed by atoms with van der Waals surface area (Å²) < 4.78 is 15.1. The lowest BCUT2D eigenvalue weighted by Gasteiger charge is -2.09. The number of nitrogens with zero attached hydrogens (tertiary/aromatic N) is 3. The third kappa shape index (κ3) is 3.18. The average Bonchev–Trinajstić information content (AvgIpc) is 3.02. The number of hydrogen-bond donors (Lipinski definition) is 2. The van der Waals surface area contributed by atoms with E-state index in [0.29, 0.717) is 11.5 Å². The molecule has 24 heavy (non-hydrogen) atoms. The van der Waals surface area contributed by atoms with Gasteiger partial charge >= 0.3 is 0 Å². The number of anilines is 1. The van der Waals surface area contributed by atoms with Gasteiger partial charge in [0.25, 0.3) is 5.91 Å². The zero-order chi connectivity index (χ0) is 17.1. The van der Waals surface area contributed by atoms with E-state index in [4.69, 9.17) is 11.6 Å². The summed E-state index contributed by atoms with van der Waals surface area (Å²) in [6.45, 7) is -0.353. The molecule has 7 nitrogen and oxygen atoms in total. The van der Waals surface area contributed by atoms with Gasteiger partial charge in [-0.1, -0.05) is 17.7 Å². The summed E-state index contributed by atoms with van der Waals surface area (Å²) in [4.78, 5) is 28.0. The van der Waals surface area contributed by atoms with Gasteiger partial charge in [-0.25, -0.2) is 9.37 Å². The van der Waals surface area contributed by atoms with E-state index in [1.54, 1.807) is 18.3 Å². The van der Waals surface area contributed by atoms with Gasteiger partial charge in [-0.05, 0) is 18.2 Å². The van der Waals surface area contributed by atoms with Crippen molar-refractivity contribution in [1.82, 2.24) is 19.9 Å². The molecule has 2 aromatic heterocycles. The molecule has 0 fully saturated rings. The highest BCUT2D eigenvalue weighted by molar-refractivity contribution is 6.33. The van der Waals surface area contributed by atoms with Crippen LogP contribution < -0.4 is 10.6 Å². The van der Waals surface area contributed by atoms with Gasteiger partial charge in [-0.2, -0.15) is 9.61 Å². The fourth-order valence-corrected chi connectivity index (χ4v) is 2.33. The molecule has 0 bridgehead atoms. The Bertz CT molecular complexity index is 907. The molecule has 0 saturated heterocycles. The number of aromatic nitrogens is 3. The lowest BCUT2D eigenvalue weighted by atomic mass is 10.2. The molecule has 2 heterocycles. The van der Waals surface area contributed by atoms with Crippen LogP contribution in [0.1, 0.15) is 10.4 Å². The van der Waals surface area contributed by atoms with Crippen molar-refractivity contribution in [2.45, 2.75) is 0 Å². The molecule has 0 radical (unpaired) electrons. The molecule has 0 aliphatic rings. The molecule has 0 aliphatic heterocycles. The highest BCUT2D eigenvalue weighted by Crippen LogP contribution is 2.18. The first-order valence-electron chi connectivity index (χ1n) is 6.87. The molecule has 0 aliphatic carbocycles. The summed E-state index contributed by atoms with van der Waals surface area (Å²) in [5.41, 5.74) is 0.264. The Morgan fingerprint density at radius 3 is 2.83 bits per heavy atom. The van der Waals surface area contributed by atoms with Crippen molar-refractivity contribution in [2.75, 3.05) is 11.9 Å². The van der Waals surface area contributed by atoms with Gasteiger partial charge in [0.2, 0.25) is 5.91 Å². The lowest BCUT2D eigenvalue weighted by molar-refractivity contribution is -0.115. The van der Waals surface area contributed by atoms with Gasteiger partial charge in [0.15, 0.2) is 5.65 Å². The molecule has 2 amide bonds. The van der Waals surface area contributed by atoms with E-state index in [1.807, 2.05) is 0 Å². The van der Waals surface area contributed by atoms with Crippen molar-refractivity contribution in [3.63, 3.8) is 0 Å². The Balaban J connectivity index is 1.66. The van der Waals surface area contributed by atoms with Gasteiger partial charge < -0.3 is 10.6 Å². The number of hydrogen-bond acceptors (Lipinski definition) is 4. The van der Waals surface area contributed by atoms with E-state index in [-0.39, 0.29) is 17.1 Å². The largest absolute Gasteiger partial charge is 0.343 e. The number of carbonyl (C=O) groups excluding carboxylic acids is 2. The molecular formula is C15H11ClFN5O2. The summed E-state index contributed by atoms with van der Waals surface area (Å²) in [6.07, 6.45) is 3.06. The molecule has 0 atom stereocenters. The first-order chi connectivity index (χ1) is 11.6. The van der Waals surface area contributed by atoms with Crippen molar-refractivity contribution in [1.29, 1.82) is 0 Å². The molecule has 3 aromatic rings. The zero-order valence-electron chi connectivity index (χ0n) is 12.2. The van der Waals surface area contributed by atoms with Crippen LogP contribution in [0.25, 0.3) is 5.65 Å². The van der Waals surface area contributed by atoms with Crippen LogP contribution in [0.15, 0.2) is 42.7 Å². The van der Waals surface area contributed by atoms with E-state index >= 15 is 0 Å². The third-order valence-corrected chi connectivity index (χ3v) is 3.47. The number of rotatable bonds is 4. The second-order valence-corrected chi connectivity index (χ2v) is 5.17. The Morgan fingerprint density at radius 2 is 2.04 bits per heavy atom. The minimum absolute atomic E-state index is 0.0275. The van der Waals surface area contributed by atoms with Crippen LogP contribution in [0.3, 0.4) is 0 Å². The summed E-state index contributed by atoms with van der Waals surface area (Å²) in [7, 11) is 0. The maximum absolute atomic E-state index is 13.6. The Hall–Kier alpha value is -3.00. The summed E-state index contributed by atoms with van der Waals surface area (Å²) in [6, 6.07) is 7.14. The lowest BCUT2D eigenvalue weighted by Crippen LogP contribution is -2.33. The molecule has 0 spiro atoms. The van der Waals surface area contributed by atoms with E-state index in [9.17, 15) is 14.0 Å². The van der Waals surface area contributed by atoms with E-state index in [2.05, 4.69) is 20.7 Å². The van der Waals surface area contributed by atoms with Crippen LogP contribution in [0, 0.1) is 5.82 Å². The topological polar surface area (TPSA) is 88.4 Å². The van der Waals surface area contributed by atoms with Crippen LogP contribution in [0.4, 0.5) is 10.2 Å². The van der Waals surface area contributed by atoms with Gasteiger partial charge in [0.1, 0.15) is 11.6 Å². The monoisotopic (exact) mass is 347 g/mol. The molecule has 122 valence electrons. The molecule has 0 saturated carbocycles. The normalized spacial score (nSPS) is 10.6. The molecule has 1 aromatic carbocycles. The first kappa shape index (κ1) is 15.9. The molecule has 3 rings (SSSR count). The maximum Gasteiger partial charge on any atom is 0.256 e. The van der Waals surface area contributed by atoms with E-state index in [1.165, 1.54) is 22.8 Å². The average molecular weight is 348 g/mol. The summed E-state index contributed by atoms with van der Waals surface area (Å²) in [5, 5.41) is 8.90. The Labute approximate surface area is 140 Å². The smallest absolute Gasteiger partial charge is 0.256 e. The fourth-order valence-electron chi connectivity index (χ4n) is 2.08. The second kappa shape index (κ2) is 6.63. The van der Waals surface area contributed by atoms with Crippen LogP contribution in [-0.4, -0.2) is 33.0 Å². The number of amides is 2. The van der Waals surface area contributed by atoms with Crippen LogP contribution in [-0.2, 0) is 4.79 Å². The number of nitrogens with one attached hydrogen (secondary N) is 2. The van der Waals surface area contributed by atoms with Crippen LogP contribution >= 0.6 is 11.6 Å². The second-order valence-electron chi connectivity index (χ2n) is 4.76. The predicted octanol–water partition coefficient (Wildman–Crippen LogP) is 1.89. The molecule has 0 unspecified atom stereocenters. The fraction of sp³-hybridized carbons (Fsp3) is 0.0667. The third-order valence-electron chi connectivity index (χ3n) is 3.16. The highest BCUT2D eigenvalue weighted by atomic mass is 35.5. The minimum Gasteiger partial charge on any atom is -0.343 e. The van der Waals surface area contributed by atoms with Gasteiger partial charge in [0.05, 0.1) is 23.3 Å². The van der Waals surface area contributed by atoms with Crippen molar-refractivity contribution in [2.24, 2.45) is 0 Å². The van der Waals surface area contributed by atoms with E-state index < -0.39 is 17.6 Å². The van der Waals surface area contributed by atoms with Crippen molar-refractivity contribution < 1.29 is 14.0 Å². The Kier molecular flexibility index (Phi) is 4.39. The van der Waals surface area contributed by atoms with Crippen molar-refractivity contribution in [3.05, 3.63) is 59.1 Å². The standard InChI is InChI=1S/C15H11ClFN5O2/c16-9-2-1-3-10(17)14(9)15(24)19-8-13(23)21-12-4-6-18-11-5-7-20-22(11)12/h1-7H,8H2,(H,19,24)(H,21,23). The predicted molar refractivity (Wildman–Crippen MR) is 85.4 cm³/mol. The summed E-state index contributed by atoms with van der Waals surface area (Å²) in [5.74, 6) is -1.63. The van der Waals surface area contributed by atoms with Crippen LogP contribution in [0.2, 0.25) is 5.02 Å². The highest BCUT2D eigenvalue weighted by Gasteiger charge is 2.16. The zero-order valence-corrected chi connectivity index (χ0v) is 12.9. The quantitative estimate of drug-likeness (QED) is 0.754. The van der Waals surface area contributed by atoms with Gasteiger partial charge in [0, 0.05) is 12.3 Å².